The smallest absolute Gasteiger partial charge is 0.260 e. The molecule has 0 heterocycles. The van der Waals surface area contributed by atoms with Crippen LogP contribution in [0.3, 0.4) is 0 Å². The maximum absolute atomic E-state index is 11.9. The van der Waals surface area contributed by atoms with Crippen LogP contribution in [0.5, 0.6) is 5.75 Å². The van der Waals surface area contributed by atoms with Gasteiger partial charge in [-0.2, -0.15) is 0 Å². The highest BCUT2D eigenvalue weighted by atomic mass is 16.5. The lowest BCUT2D eigenvalue weighted by Gasteiger charge is -2.20. The third-order valence-corrected chi connectivity index (χ3v) is 2.76. The van der Waals surface area contributed by atoms with Crippen LogP contribution in [0.2, 0.25) is 0 Å². The Hall–Kier alpha value is -1.55. The van der Waals surface area contributed by atoms with Gasteiger partial charge in [0.05, 0.1) is 0 Å². The van der Waals surface area contributed by atoms with Gasteiger partial charge in [-0.1, -0.05) is 12.1 Å². The first kappa shape index (κ1) is 15.5. The zero-order chi connectivity index (χ0) is 14.6. The van der Waals surface area contributed by atoms with Crippen molar-refractivity contribution in [2.45, 2.75) is 52.8 Å². The van der Waals surface area contributed by atoms with E-state index in [1.54, 1.807) is 6.92 Å². The highest BCUT2D eigenvalue weighted by Gasteiger charge is 2.18. The molecule has 0 radical (unpaired) electrons. The SMILES string of the molecule is Cc1ccc(C(C)N)c(OC(C)C(=O)NC(C)C)c1. The lowest BCUT2D eigenvalue weighted by molar-refractivity contribution is -0.127. The molecule has 4 heteroatoms. The third-order valence-electron chi connectivity index (χ3n) is 2.76. The molecule has 4 nitrogen and oxygen atoms in total. The minimum atomic E-state index is -0.540. The maximum atomic E-state index is 11.9. The molecule has 0 aromatic heterocycles. The van der Waals surface area contributed by atoms with Gasteiger partial charge in [0.2, 0.25) is 0 Å². The molecule has 2 atom stereocenters. The Kier molecular flexibility index (Phi) is 5.36. The summed E-state index contributed by atoms with van der Waals surface area (Å²) in [7, 11) is 0. The molecule has 1 amide bonds. The second kappa shape index (κ2) is 6.57. The summed E-state index contributed by atoms with van der Waals surface area (Å²) in [5.74, 6) is 0.563. The second-order valence-corrected chi connectivity index (χ2v) is 5.25. The molecule has 1 aromatic carbocycles. The summed E-state index contributed by atoms with van der Waals surface area (Å²) in [5, 5.41) is 2.83. The van der Waals surface area contributed by atoms with Crippen LogP contribution < -0.4 is 15.8 Å². The summed E-state index contributed by atoms with van der Waals surface area (Å²) < 4.78 is 5.76. The van der Waals surface area contributed by atoms with E-state index >= 15 is 0 Å². The van der Waals surface area contributed by atoms with Crippen molar-refractivity contribution in [2.24, 2.45) is 5.73 Å². The van der Waals surface area contributed by atoms with E-state index in [0.29, 0.717) is 5.75 Å². The van der Waals surface area contributed by atoms with Gasteiger partial charge in [0.25, 0.3) is 5.91 Å². The van der Waals surface area contributed by atoms with Gasteiger partial charge in [0.15, 0.2) is 6.10 Å². The van der Waals surface area contributed by atoms with Crippen LogP contribution in [0, 0.1) is 6.92 Å². The average Bonchev–Trinajstić information content (AvgIpc) is 2.27. The molecule has 1 aromatic rings. The lowest BCUT2D eigenvalue weighted by Crippen LogP contribution is -2.40. The lowest BCUT2D eigenvalue weighted by atomic mass is 10.1. The summed E-state index contributed by atoms with van der Waals surface area (Å²) in [6.07, 6.45) is -0.540. The Bertz CT molecular complexity index is 442. The number of rotatable bonds is 5. The molecule has 3 N–H and O–H groups in total. The molecule has 2 unspecified atom stereocenters. The van der Waals surface area contributed by atoms with Gasteiger partial charge in [-0.25, -0.2) is 0 Å². The molecular weight excluding hydrogens is 240 g/mol. The highest BCUT2D eigenvalue weighted by Crippen LogP contribution is 2.26. The molecule has 0 aliphatic carbocycles. The molecule has 0 spiro atoms. The summed E-state index contributed by atoms with van der Waals surface area (Å²) in [5.41, 5.74) is 7.91. The highest BCUT2D eigenvalue weighted by molar-refractivity contribution is 5.81. The van der Waals surface area contributed by atoms with Crippen molar-refractivity contribution in [3.63, 3.8) is 0 Å². The molecule has 0 aliphatic heterocycles. The molecule has 106 valence electrons. The summed E-state index contributed by atoms with van der Waals surface area (Å²) in [6.45, 7) is 9.47. The van der Waals surface area contributed by atoms with E-state index < -0.39 is 6.10 Å². The number of aryl methyl sites for hydroxylation is 1. The van der Waals surface area contributed by atoms with Crippen LogP contribution in [-0.4, -0.2) is 18.1 Å². The van der Waals surface area contributed by atoms with Gasteiger partial charge in [0.1, 0.15) is 5.75 Å². The van der Waals surface area contributed by atoms with Crippen LogP contribution in [0.4, 0.5) is 0 Å². The third kappa shape index (κ3) is 4.56. The summed E-state index contributed by atoms with van der Waals surface area (Å²) in [6, 6.07) is 5.82. The van der Waals surface area contributed by atoms with Gasteiger partial charge in [-0.05, 0) is 46.2 Å². The zero-order valence-electron chi connectivity index (χ0n) is 12.4. The Morgan fingerprint density at radius 1 is 1.26 bits per heavy atom. The van der Waals surface area contributed by atoms with E-state index in [1.165, 1.54) is 0 Å². The Morgan fingerprint density at radius 3 is 2.42 bits per heavy atom. The number of nitrogens with one attached hydrogen (secondary N) is 1. The number of carbonyl (C=O) groups excluding carboxylic acids is 1. The minimum absolute atomic E-state index is 0.101. The van der Waals surface area contributed by atoms with E-state index in [0.717, 1.165) is 11.1 Å². The Morgan fingerprint density at radius 2 is 1.89 bits per heavy atom. The number of nitrogens with two attached hydrogens (primary N) is 1. The monoisotopic (exact) mass is 264 g/mol. The van der Waals surface area contributed by atoms with Gasteiger partial charge in [-0.3, -0.25) is 4.79 Å². The average molecular weight is 264 g/mol. The molecule has 0 fully saturated rings. The number of ether oxygens (including phenoxy) is 1. The summed E-state index contributed by atoms with van der Waals surface area (Å²) >= 11 is 0. The van der Waals surface area contributed by atoms with Crippen LogP contribution >= 0.6 is 0 Å². The van der Waals surface area contributed by atoms with Crippen molar-refractivity contribution >= 4 is 5.91 Å². The van der Waals surface area contributed by atoms with E-state index in [1.807, 2.05) is 45.9 Å². The van der Waals surface area contributed by atoms with Gasteiger partial charge in [0, 0.05) is 17.6 Å². The van der Waals surface area contributed by atoms with E-state index in [-0.39, 0.29) is 18.0 Å². The first-order valence-electron chi connectivity index (χ1n) is 6.64. The Labute approximate surface area is 115 Å². The number of hydrogen-bond acceptors (Lipinski definition) is 3. The Balaban J connectivity index is 2.86. The predicted molar refractivity (Wildman–Crippen MR) is 77.2 cm³/mol. The van der Waals surface area contributed by atoms with Gasteiger partial charge >= 0.3 is 0 Å². The van der Waals surface area contributed by atoms with Gasteiger partial charge in [-0.15, -0.1) is 0 Å². The van der Waals surface area contributed by atoms with E-state index in [9.17, 15) is 4.79 Å². The number of hydrogen-bond donors (Lipinski definition) is 2. The zero-order valence-corrected chi connectivity index (χ0v) is 12.4. The van der Waals surface area contributed by atoms with Crippen LogP contribution in [0.1, 0.15) is 44.9 Å². The summed E-state index contributed by atoms with van der Waals surface area (Å²) in [4.78, 5) is 11.9. The fourth-order valence-electron chi connectivity index (χ4n) is 1.77. The largest absolute Gasteiger partial charge is 0.481 e. The number of amides is 1. The molecule has 0 saturated heterocycles. The van der Waals surface area contributed by atoms with Crippen LogP contribution in [0.25, 0.3) is 0 Å². The molecule has 1 rings (SSSR count). The van der Waals surface area contributed by atoms with Crippen molar-refractivity contribution in [3.8, 4) is 5.75 Å². The van der Waals surface area contributed by atoms with Crippen molar-refractivity contribution in [3.05, 3.63) is 29.3 Å². The topological polar surface area (TPSA) is 64.3 Å². The van der Waals surface area contributed by atoms with Crippen molar-refractivity contribution in [1.29, 1.82) is 0 Å². The molecule has 0 saturated carbocycles. The second-order valence-electron chi connectivity index (χ2n) is 5.25. The molecule has 0 bridgehead atoms. The molecule has 19 heavy (non-hydrogen) atoms. The number of carbonyl (C=O) groups is 1. The fourth-order valence-corrected chi connectivity index (χ4v) is 1.77. The van der Waals surface area contributed by atoms with Crippen LogP contribution in [-0.2, 0) is 4.79 Å². The fraction of sp³-hybridized carbons (Fsp3) is 0.533. The van der Waals surface area contributed by atoms with E-state index in [4.69, 9.17) is 10.5 Å². The minimum Gasteiger partial charge on any atom is -0.481 e. The van der Waals surface area contributed by atoms with Crippen molar-refractivity contribution in [1.82, 2.24) is 5.32 Å². The number of benzene rings is 1. The van der Waals surface area contributed by atoms with Crippen molar-refractivity contribution in [2.75, 3.05) is 0 Å². The van der Waals surface area contributed by atoms with Gasteiger partial charge < -0.3 is 15.8 Å². The first-order chi connectivity index (χ1) is 8.81. The van der Waals surface area contributed by atoms with Crippen molar-refractivity contribution < 1.29 is 9.53 Å². The normalized spacial score (nSPS) is 14.1. The quantitative estimate of drug-likeness (QED) is 0.857. The first-order valence-corrected chi connectivity index (χ1v) is 6.64. The maximum Gasteiger partial charge on any atom is 0.260 e. The standard InChI is InChI=1S/C15H24N2O2/c1-9(2)17-15(18)12(5)19-14-8-10(3)6-7-13(14)11(4)16/h6-9,11-12H,16H2,1-5H3,(H,17,18). The molecule has 0 aliphatic rings. The molecular formula is C15H24N2O2. The predicted octanol–water partition coefficient (Wildman–Crippen LogP) is 2.31. The van der Waals surface area contributed by atoms with Crippen LogP contribution in [0.15, 0.2) is 18.2 Å². The van der Waals surface area contributed by atoms with E-state index in [2.05, 4.69) is 5.32 Å².